The Labute approximate surface area is 136 Å². The Balaban J connectivity index is 1.42. The zero-order valence-electron chi connectivity index (χ0n) is 13.6. The van der Waals surface area contributed by atoms with E-state index in [-0.39, 0.29) is 0 Å². The predicted molar refractivity (Wildman–Crippen MR) is 88.8 cm³/mol. The van der Waals surface area contributed by atoms with Gasteiger partial charge in [-0.15, -0.1) is 0 Å². The van der Waals surface area contributed by atoms with Crippen LogP contribution in [0.5, 0.6) is 0 Å². The number of nitrogens with one attached hydrogen (secondary N) is 2. The molecule has 2 heterocycles. The van der Waals surface area contributed by atoms with E-state index in [0.29, 0.717) is 17.6 Å². The Morgan fingerprint density at radius 1 is 1.39 bits per heavy atom. The molecule has 2 aromatic heterocycles. The summed E-state index contributed by atoms with van der Waals surface area (Å²) in [6.45, 7) is 3.76. The highest BCUT2D eigenvalue weighted by molar-refractivity contribution is 5.61. The van der Waals surface area contributed by atoms with Crippen LogP contribution in [0.15, 0.2) is 30.7 Å². The standard InChI is InChI=1S/C18H24N4O/c1-2-23-16-9-15(18(16)6-4-7-18)20-11-14-12-21-22-17(14)13-5-3-8-19-10-13/h3,5,8,10,12,15-16,20H,2,4,6-7,9,11H2,1H3,(H,21,22)/t15-,16-/m0/s1. The maximum absolute atomic E-state index is 5.93. The van der Waals surface area contributed by atoms with Gasteiger partial charge in [-0.25, -0.2) is 0 Å². The van der Waals surface area contributed by atoms with Gasteiger partial charge in [-0.1, -0.05) is 6.42 Å². The largest absolute Gasteiger partial charge is 0.378 e. The van der Waals surface area contributed by atoms with E-state index in [1.54, 1.807) is 6.20 Å². The molecule has 2 saturated carbocycles. The van der Waals surface area contributed by atoms with Gasteiger partial charge >= 0.3 is 0 Å². The first-order valence-corrected chi connectivity index (χ1v) is 8.61. The average molecular weight is 312 g/mol. The Kier molecular flexibility index (Phi) is 3.91. The van der Waals surface area contributed by atoms with Crippen molar-refractivity contribution >= 4 is 0 Å². The minimum Gasteiger partial charge on any atom is -0.378 e. The van der Waals surface area contributed by atoms with Crippen LogP contribution in [0.2, 0.25) is 0 Å². The number of H-pyrrole nitrogens is 1. The molecule has 5 nitrogen and oxygen atoms in total. The molecule has 1 spiro atoms. The molecule has 2 aliphatic rings. The molecule has 0 aliphatic heterocycles. The topological polar surface area (TPSA) is 62.8 Å². The van der Waals surface area contributed by atoms with E-state index in [9.17, 15) is 0 Å². The Morgan fingerprint density at radius 3 is 3.00 bits per heavy atom. The van der Waals surface area contributed by atoms with Crippen LogP contribution in [0, 0.1) is 5.41 Å². The van der Waals surface area contributed by atoms with Gasteiger partial charge in [0.1, 0.15) is 0 Å². The Bertz CT molecular complexity index is 650. The van der Waals surface area contributed by atoms with Gasteiger partial charge in [-0.3, -0.25) is 10.1 Å². The third-order valence-electron chi connectivity index (χ3n) is 5.64. The minimum atomic E-state index is 0.397. The highest BCUT2D eigenvalue weighted by Gasteiger charge is 2.58. The Hall–Kier alpha value is -1.72. The van der Waals surface area contributed by atoms with Gasteiger partial charge in [0.15, 0.2) is 0 Å². The zero-order chi connectivity index (χ0) is 15.7. The minimum absolute atomic E-state index is 0.397. The van der Waals surface area contributed by atoms with Gasteiger partial charge in [0, 0.05) is 48.1 Å². The lowest BCUT2D eigenvalue weighted by molar-refractivity contribution is -0.173. The summed E-state index contributed by atoms with van der Waals surface area (Å²) >= 11 is 0. The summed E-state index contributed by atoms with van der Waals surface area (Å²) in [5.74, 6) is 0. The van der Waals surface area contributed by atoms with Gasteiger partial charge in [-0.2, -0.15) is 5.10 Å². The number of rotatable bonds is 6. The number of nitrogens with zero attached hydrogens (tertiary/aromatic N) is 2. The fraction of sp³-hybridized carbons (Fsp3) is 0.556. The van der Waals surface area contributed by atoms with Gasteiger partial charge < -0.3 is 10.1 Å². The van der Waals surface area contributed by atoms with E-state index >= 15 is 0 Å². The van der Waals surface area contributed by atoms with Gasteiger partial charge in [0.2, 0.25) is 0 Å². The second kappa shape index (κ2) is 6.06. The fourth-order valence-corrected chi connectivity index (χ4v) is 4.16. The van der Waals surface area contributed by atoms with E-state index in [2.05, 4.69) is 33.5 Å². The summed E-state index contributed by atoms with van der Waals surface area (Å²) < 4.78 is 5.93. The summed E-state index contributed by atoms with van der Waals surface area (Å²) in [6, 6.07) is 4.59. The second-order valence-corrected chi connectivity index (χ2v) is 6.71. The summed E-state index contributed by atoms with van der Waals surface area (Å²) in [4.78, 5) is 4.20. The third-order valence-corrected chi connectivity index (χ3v) is 5.64. The molecule has 0 saturated heterocycles. The molecule has 2 aliphatic carbocycles. The van der Waals surface area contributed by atoms with Gasteiger partial charge in [0.25, 0.3) is 0 Å². The molecule has 2 N–H and O–H groups in total. The number of hydrogen-bond acceptors (Lipinski definition) is 4. The van der Waals surface area contributed by atoms with Gasteiger partial charge in [0.05, 0.1) is 18.0 Å². The Morgan fingerprint density at radius 2 is 2.30 bits per heavy atom. The third kappa shape index (κ3) is 2.48. The average Bonchev–Trinajstić information content (AvgIpc) is 2.98. The van der Waals surface area contributed by atoms with Crippen molar-refractivity contribution in [3.8, 4) is 11.3 Å². The quantitative estimate of drug-likeness (QED) is 0.861. The van der Waals surface area contributed by atoms with Crippen molar-refractivity contribution < 1.29 is 4.74 Å². The molecule has 23 heavy (non-hydrogen) atoms. The normalized spacial score (nSPS) is 25.1. The molecule has 2 fully saturated rings. The maximum Gasteiger partial charge on any atom is 0.0710 e. The number of pyridine rings is 1. The second-order valence-electron chi connectivity index (χ2n) is 6.71. The monoisotopic (exact) mass is 312 g/mol. The smallest absolute Gasteiger partial charge is 0.0710 e. The first-order valence-electron chi connectivity index (χ1n) is 8.61. The van der Waals surface area contributed by atoms with Crippen LogP contribution in [-0.2, 0) is 11.3 Å². The van der Waals surface area contributed by atoms with Crippen molar-refractivity contribution in [2.75, 3.05) is 6.61 Å². The number of ether oxygens (including phenoxy) is 1. The lowest BCUT2D eigenvalue weighted by Gasteiger charge is -2.61. The highest BCUT2D eigenvalue weighted by atomic mass is 16.5. The molecule has 0 unspecified atom stereocenters. The molecule has 0 amide bonds. The fourth-order valence-electron chi connectivity index (χ4n) is 4.16. The molecule has 2 aromatic rings. The SMILES string of the molecule is CCO[C@H]1C[C@H](NCc2cn[nH]c2-c2cccnc2)C12CCC2. The van der Waals surface area contributed by atoms with Crippen LogP contribution >= 0.6 is 0 Å². The van der Waals surface area contributed by atoms with Crippen molar-refractivity contribution in [2.24, 2.45) is 5.41 Å². The summed E-state index contributed by atoms with van der Waals surface area (Å²) in [7, 11) is 0. The van der Waals surface area contributed by atoms with E-state index in [1.165, 1.54) is 24.8 Å². The summed E-state index contributed by atoms with van der Waals surface area (Å²) in [6.07, 6.45) is 11.1. The lowest BCUT2D eigenvalue weighted by Crippen LogP contribution is -2.66. The predicted octanol–water partition coefficient (Wildman–Crippen LogP) is 2.91. The summed E-state index contributed by atoms with van der Waals surface area (Å²) in [5.41, 5.74) is 3.75. The van der Waals surface area contributed by atoms with Crippen LogP contribution in [0.25, 0.3) is 11.3 Å². The molecule has 5 heteroatoms. The molecule has 4 rings (SSSR count). The first kappa shape index (κ1) is 14.8. The van der Waals surface area contributed by atoms with E-state index in [1.807, 2.05) is 18.5 Å². The molecular formula is C18H24N4O. The lowest BCUT2D eigenvalue weighted by atomic mass is 9.51. The van der Waals surface area contributed by atoms with E-state index in [4.69, 9.17) is 4.74 Å². The zero-order valence-corrected chi connectivity index (χ0v) is 13.6. The van der Waals surface area contributed by atoms with Crippen molar-refractivity contribution in [2.45, 2.75) is 51.3 Å². The molecule has 2 atom stereocenters. The van der Waals surface area contributed by atoms with Crippen molar-refractivity contribution in [3.05, 3.63) is 36.3 Å². The van der Waals surface area contributed by atoms with Crippen LogP contribution < -0.4 is 5.32 Å². The number of aromatic nitrogens is 3. The molecule has 122 valence electrons. The van der Waals surface area contributed by atoms with Crippen LogP contribution in [0.3, 0.4) is 0 Å². The molecule has 0 radical (unpaired) electrons. The van der Waals surface area contributed by atoms with Crippen molar-refractivity contribution in [1.29, 1.82) is 0 Å². The van der Waals surface area contributed by atoms with Crippen molar-refractivity contribution in [3.63, 3.8) is 0 Å². The number of aromatic amines is 1. The first-order chi connectivity index (χ1) is 11.3. The van der Waals surface area contributed by atoms with E-state index in [0.717, 1.165) is 30.8 Å². The summed E-state index contributed by atoms with van der Waals surface area (Å²) in [5, 5.41) is 11.1. The van der Waals surface area contributed by atoms with Crippen molar-refractivity contribution in [1.82, 2.24) is 20.5 Å². The van der Waals surface area contributed by atoms with Crippen LogP contribution in [-0.4, -0.2) is 33.9 Å². The van der Waals surface area contributed by atoms with Gasteiger partial charge in [-0.05, 0) is 38.3 Å². The van der Waals surface area contributed by atoms with E-state index < -0.39 is 0 Å². The molecule has 0 aromatic carbocycles. The maximum atomic E-state index is 5.93. The molecular weight excluding hydrogens is 288 g/mol. The molecule has 0 bridgehead atoms. The van der Waals surface area contributed by atoms with Crippen LogP contribution in [0.1, 0.15) is 38.2 Å². The highest BCUT2D eigenvalue weighted by Crippen LogP contribution is 2.57. The number of hydrogen-bond donors (Lipinski definition) is 2. The van der Waals surface area contributed by atoms with Crippen LogP contribution in [0.4, 0.5) is 0 Å².